The van der Waals surface area contributed by atoms with Crippen molar-refractivity contribution in [1.82, 2.24) is 4.98 Å². The summed E-state index contributed by atoms with van der Waals surface area (Å²) in [4.78, 5) is 15.5. The van der Waals surface area contributed by atoms with Crippen LogP contribution in [0.1, 0.15) is 17.0 Å². The van der Waals surface area contributed by atoms with Gasteiger partial charge in [-0.3, -0.25) is 9.78 Å². The van der Waals surface area contributed by atoms with Crippen molar-refractivity contribution in [3.8, 4) is 0 Å². The minimum Gasteiger partial charge on any atom is -0.281 e. The van der Waals surface area contributed by atoms with E-state index in [4.69, 9.17) is 23.2 Å². The van der Waals surface area contributed by atoms with E-state index in [0.29, 0.717) is 11.4 Å². The van der Waals surface area contributed by atoms with E-state index in [2.05, 4.69) is 4.98 Å². The highest BCUT2D eigenvalue weighted by Crippen LogP contribution is 2.25. The summed E-state index contributed by atoms with van der Waals surface area (Å²) in [5.41, 5.74) is 1.85. The fourth-order valence-corrected chi connectivity index (χ4v) is 2.21. The Morgan fingerprint density at radius 1 is 1.22 bits per heavy atom. The predicted octanol–water partition coefficient (Wildman–Crippen LogP) is 3.83. The third-order valence-corrected chi connectivity index (χ3v) is 3.21. The number of aromatic nitrogens is 1. The molecule has 0 radical (unpaired) electrons. The molecule has 0 amide bonds. The SMILES string of the molecule is O=C(Cl)C(Cc1ccncc1)c1cccc(Cl)c1. The Labute approximate surface area is 116 Å². The monoisotopic (exact) mass is 279 g/mol. The molecular weight excluding hydrogens is 269 g/mol. The van der Waals surface area contributed by atoms with Crippen LogP contribution in [-0.4, -0.2) is 10.2 Å². The maximum absolute atomic E-state index is 11.6. The molecule has 0 saturated carbocycles. The van der Waals surface area contributed by atoms with Crippen LogP contribution in [0.25, 0.3) is 0 Å². The fraction of sp³-hybridized carbons (Fsp3) is 0.143. The van der Waals surface area contributed by atoms with Crippen molar-refractivity contribution in [1.29, 1.82) is 0 Å². The molecule has 2 aromatic rings. The van der Waals surface area contributed by atoms with Gasteiger partial charge in [-0.1, -0.05) is 23.7 Å². The molecule has 1 aromatic carbocycles. The quantitative estimate of drug-likeness (QED) is 0.797. The molecule has 1 aromatic heterocycles. The molecule has 1 atom stereocenters. The number of halogens is 2. The van der Waals surface area contributed by atoms with E-state index in [1.54, 1.807) is 24.5 Å². The van der Waals surface area contributed by atoms with Gasteiger partial charge in [0.15, 0.2) is 0 Å². The average molecular weight is 280 g/mol. The summed E-state index contributed by atoms with van der Waals surface area (Å²) in [6.45, 7) is 0. The average Bonchev–Trinajstić information content (AvgIpc) is 2.37. The molecule has 0 aliphatic rings. The molecule has 0 spiro atoms. The van der Waals surface area contributed by atoms with E-state index in [9.17, 15) is 4.79 Å². The molecular formula is C14H11Cl2NO. The Morgan fingerprint density at radius 3 is 2.56 bits per heavy atom. The van der Waals surface area contributed by atoms with Gasteiger partial charge in [-0.15, -0.1) is 0 Å². The zero-order valence-corrected chi connectivity index (χ0v) is 11.0. The largest absolute Gasteiger partial charge is 0.281 e. The number of nitrogens with zero attached hydrogens (tertiary/aromatic N) is 1. The summed E-state index contributed by atoms with van der Waals surface area (Å²) in [7, 11) is 0. The topological polar surface area (TPSA) is 30.0 Å². The lowest BCUT2D eigenvalue weighted by Crippen LogP contribution is -2.10. The van der Waals surface area contributed by atoms with Crippen LogP contribution >= 0.6 is 23.2 Å². The normalized spacial score (nSPS) is 12.1. The van der Waals surface area contributed by atoms with Crippen LogP contribution < -0.4 is 0 Å². The zero-order chi connectivity index (χ0) is 13.0. The van der Waals surface area contributed by atoms with Gasteiger partial charge in [0.25, 0.3) is 0 Å². The highest BCUT2D eigenvalue weighted by Gasteiger charge is 2.19. The van der Waals surface area contributed by atoms with Gasteiger partial charge in [0.1, 0.15) is 0 Å². The van der Waals surface area contributed by atoms with Gasteiger partial charge in [0.2, 0.25) is 5.24 Å². The van der Waals surface area contributed by atoms with E-state index in [0.717, 1.165) is 11.1 Å². The highest BCUT2D eigenvalue weighted by molar-refractivity contribution is 6.64. The Morgan fingerprint density at radius 2 is 1.94 bits per heavy atom. The summed E-state index contributed by atoms with van der Waals surface area (Å²) in [5.74, 6) is -0.382. The minimum atomic E-state index is -0.382. The molecule has 2 nitrogen and oxygen atoms in total. The molecule has 0 fully saturated rings. The smallest absolute Gasteiger partial charge is 0.229 e. The number of rotatable bonds is 4. The first-order valence-corrected chi connectivity index (χ1v) is 6.26. The molecule has 18 heavy (non-hydrogen) atoms. The van der Waals surface area contributed by atoms with E-state index in [1.807, 2.05) is 24.3 Å². The first kappa shape index (κ1) is 13.1. The van der Waals surface area contributed by atoms with Crippen LogP contribution in [0.4, 0.5) is 0 Å². The summed E-state index contributed by atoms with van der Waals surface area (Å²) in [5, 5.41) is 0.222. The first-order chi connectivity index (χ1) is 8.66. The summed E-state index contributed by atoms with van der Waals surface area (Å²) in [6.07, 6.45) is 3.94. The van der Waals surface area contributed by atoms with Crippen LogP contribution in [-0.2, 0) is 11.2 Å². The fourth-order valence-electron chi connectivity index (χ4n) is 1.81. The van der Waals surface area contributed by atoms with Crippen molar-refractivity contribution in [3.05, 3.63) is 64.9 Å². The zero-order valence-electron chi connectivity index (χ0n) is 9.51. The molecule has 0 bridgehead atoms. The second-order valence-electron chi connectivity index (χ2n) is 3.97. The third kappa shape index (κ3) is 3.31. The lowest BCUT2D eigenvalue weighted by atomic mass is 9.93. The molecule has 4 heteroatoms. The van der Waals surface area contributed by atoms with E-state index >= 15 is 0 Å². The lowest BCUT2D eigenvalue weighted by Gasteiger charge is -2.13. The number of hydrogen-bond acceptors (Lipinski definition) is 2. The molecule has 2 rings (SSSR count). The number of carbonyl (C=O) groups excluding carboxylic acids is 1. The van der Waals surface area contributed by atoms with Crippen LogP contribution in [0.2, 0.25) is 5.02 Å². The Kier molecular flexibility index (Phi) is 4.34. The van der Waals surface area contributed by atoms with Crippen molar-refractivity contribution in [2.75, 3.05) is 0 Å². The molecule has 0 N–H and O–H groups in total. The second kappa shape index (κ2) is 5.98. The van der Waals surface area contributed by atoms with Gasteiger partial charge in [-0.2, -0.15) is 0 Å². The number of pyridine rings is 1. The summed E-state index contributed by atoms with van der Waals surface area (Å²) in [6, 6.07) is 11.0. The van der Waals surface area contributed by atoms with Gasteiger partial charge in [0, 0.05) is 17.4 Å². The maximum atomic E-state index is 11.6. The molecule has 1 unspecified atom stereocenters. The minimum absolute atomic E-state index is 0.380. The number of benzene rings is 1. The summed E-state index contributed by atoms with van der Waals surface area (Å²) < 4.78 is 0. The van der Waals surface area contributed by atoms with E-state index < -0.39 is 0 Å². The molecule has 92 valence electrons. The lowest BCUT2D eigenvalue weighted by molar-refractivity contribution is -0.113. The molecule has 0 saturated heterocycles. The van der Waals surface area contributed by atoms with Crippen LogP contribution in [0.5, 0.6) is 0 Å². The second-order valence-corrected chi connectivity index (χ2v) is 4.78. The van der Waals surface area contributed by atoms with E-state index in [1.165, 1.54) is 0 Å². The van der Waals surface area contributed by atoms with Crippen molar-refractivity contribution in [3.63, 3.8) is 0 Å². The standard InChI is InChI=1S/C14H11Cl2NO/c15-12-3-1-2-11(9-12)13(14(16)18)8-10-4-6-17-7-5-10/h1-7,9,13H,8H2. The van der Waals surface area contributed by atoms with Gasteiger partial charge < -0.3 is 0 Å². The van der Waals surface area contributed by atoms with Gasteiger partial charge >= 0.3 is 0 Å². The predicted molar refractivity (Wildman–Crippen MR) is 73.0 cm³/mol. The van der Waals surface area contributed by atoms with Crippen molar-refractivity contribution in [2.45, 2.75) is 12.3 Å². The third-order valence-electron chi connectivity index (χ3n) is 2.71. The first-order valence-electron chi connectivity index (χ1n) is 5.50. The Bertz CT molecular complexity index is 543. The Balaban J connectivity index is 2.27. The Hall–Kier alpha value is -1.38. The molecule has 0 aliphatic carbocycles. The molecule has 0 aliphatic heterocycles. The maximum Gasteiger partial charge on any atom is 0.229 e. The highest BCUT2D eigenvalue weighted by atomic mass is 35.5. The number of hydrogen-bond donors (Lipinski definition) is 0. The van der Waals surface area contributed by atoms with Crippen molar-refractivity contribution >= 4 is 28.4 Å². The van der Waals surface area contributed by atoms with Crippen LogP contribution in [0, 0.1) is 0 Å². The van der Waals surface area contributed by atoms with E-state index in [-0.39, 0.29) is 11.2 Å². The van der Waals surface area contributed by atoms with Gasteiger partial charge in [-0.05, 0) is 53.4 Å². The van der Waals surface area contributed by atoms with Gasteiger partial charge in [0.05, 0.1) is 5.92 Å². The van der Waals surface area contributed by atoms with Crippen LogP contribution in [0.15, 0.2) is 48.8 Å². The summed E-state index contributed by atoms with van der Waals surface area (Å²) >= 11 is 11.6. The van der Waals surface area contributed by atoms with Crippen LogP contribution in [0.3, 0.4) is 0 Å². The van der Waals surface area contributed by atoms with Crippen molar-refractivity contribution in [2.24, 2.45) is 0 Å². The van der Waals surface area contributed by atoms with Crippen molar-refractivity contribution < 1.29 is 4.79 Å². The van der Waals surface area contributed by atoms with Gasteiger partial charge in [-0.25, -0.2) is 0 Å². The number of carbonyl (C=O) groups is 1. The molecule has 1 heterocycles.